The van der Waals surface area contributed by atoms with Gasteiger partial charge in [0.25, 0.3) is 6.47 Å². The Morgan fingerprint density at radius 1 is 1.07 bits per heavy atom. The molecule has 2 aromatic rings. The second-order valence-corrected chi connectivity index (χ2v) is 9.39. The predicted molar refractivity (Wildman–Crippen MR) is 113 cm³/mol. The van der Waals surface area contributed by atoms with E-state index < -0.39 is 15.8 Å². The number of sulfone groups is 1. The van der Waals surface area contributed by atoms with Gasteiger partial charge < -0.3 is 15.1 Å². The standard InChI is InChI=1S/C21H25NO4S.CH2O2/c23-21(24)15-18-8-6-17(7-9-18)14-19-10-11-22(16-19)12-13-27(25,26)20-4-2-1-3-5-20;2-1-3/h1-9,19H,10-16H2,(H,23,24);1H,(H,2,3). The molecule has 2 N–H and O–H groups in total. The lowest BCUT2D eigenvalue weighted by atomic mass is 9.97. The maximum Gasteiger partial charge on any atom is 0.307 e. The number of benzene rings is 2. The van der Waals surface area contributed by atoms with Gasteiger partial charge in [0.15, 0.2) is 9.84 Å². The van der Waals surface area contributed by atoms with Crippen LogP contribution in [0.2, 0.25) is 0 Å². The molecule has 3 rings (SSSR count). The molecule has 0 saturated carbocycles. The highest BCUT2D eigenvalue weighted by Crippen LogP contribution is 2.22. The van der Waals surface area contributed by atoms with Crippen LogP contribution < -0.4 is 0 Å². The van der Waals surface area contributed by atoms with Crippen molar-refractivity contribution in [2.45, 2.75) is 24.2 Å². The van der Waals surface area contributed by atoms with Crippen molar-refractivity contribution in [1.29, 1.82) is 0 Å². The van der Waals surface area contributed by atoms with Gasteiger partial charge >= 0.3 is 5.97 Å². The molecule has 0 radical (unpaired) electrons. The Morgan fingerprint density at radius 3 is 2.27 bits per heavy atom. The molecule has 1 atom stereocenters. The molecule has 0 bridgehead atoms. The second-order valence-electron chi connectivity index (χ2n) is 7.28. The predicted octanol–water partition coefficient (Wildman–Crippen LogP) is 2.35. The molecule has 162 valence electrons. The number of hydrogen-bond donors (Lipinski definition) is 2. The summed E-state index contributed by atoms with van der Waals surface area (Å²) in [6.45, 7) is 2.14. The minimum Gasteiger partial charge on any atom is -0.483 e. The minimum atomic E-state index is -3.23. The first-order chi connectivity index (χ1) is 14.3. The van der Waals surface area contributed by atoms with Crippen LogP contribution >= 0.6 is 0 Å². The Morgan fingerprint density at radius 2 is 1.67 bits per heavy atom. The van der Waals surface area contributed by atoms with Gasteiger partial charge in [-0.3, -0.25) is 9.59 Å². The molecule has 0 aromatic heterocycles. The fourth-order valence-electron chi connectivity index (χ4n) is 3.58. The highest BCUT2D eigenvalue weighted by Gasteiger charge is 2.24. The number of likely N-dealkylation sites (tertiary alicyclic amines) is 1. The lowest BCUT2D eigenvalue weighted by Gasteiger charge is -2.16. The molecule has 0 aliphatic carbocycles. The molecule has 1 saturated heterocycles. The van der Waals surface area contributed by atoms with Crippen molar-refractivity contribution in [3.63, 3.8) is 0 Å². The van der Waals surface area contributed by atoms with E-state index in [1.807, 2.05) is 30.3 Å². The lowest BCUT2D eigenvalue weighted by molar-refractivity contribution is -0.136. The summed E-state index contributed by atoms with van der Waals surface area (Å²) in [5, 5.41) is 15.7. The molecular formula is C22H27NO6S. The van der Waals surface area contributed by atoms with Crippen LogP contribution in [-0.2, 0) is 32.3 Å². The van der Waals surface area contributed by atoms with Crippen LogP contribution in [0.1, 0.15) is 17.5 Å². The molecule has 0 amide bonds. The third-order valence-electron chi connectivity index (χ3n) is 5.05. The first-order valence-corrected chi connectivity index (χ1v) is 11.4. The van der Waals surface area contributed by atoms with Crippen molar-refractivity contribution in [2.24, 2.45) is 5.92 Å². The van der Waals surface area contributed by atoms with E-state index in [1.165, 1.54) is 5.56 Å². The van der Waals surface area contributed by atoms with Crippen molar-refractivity contribution in [3.05, 3.63) is 65.7 Å². The van der Waals surface area contributed by atoms with Gasteiger partial charge in [-0.25, -0.2) is 8.42 Å². The van der Waals surface area contributed by atoms with Crippen LogP contribution in [0.15, 0.2) is 59.5 Å². The smallest absolute Gasteiger partial charge is 0.307 e. The summed E-state index contributed by atoms with van der Waals surface area (Å²) in [6, 6.07) is 16.4. The SMILES string of the molecule is O=C(O)Cc1ccc(CC2CCN(CCS(=O)(=O)c3ccccc3)C2)cc1.O=CO. The normalized spacial score (nSPS) is 16.5. The Hall–Kier alpha value is -2.71. The van der Waals surface area contributed by atoms with Gasteiger partial charge in [0.05, 0.1) is 17.1 Å². The minimum absolute atomic E-state index is 0.0490. The van der Waals surface area contributed by atoms with Crippen LogP contribution in [-0.4, -0.2) is 61.4 Å². The van der Waals surface area contributed by atoms with Crippen molar-refractivity contribution in [2.75, 3.05) is 25.4 Å². The summed E-state index contributed by atoms with van der Waals surface area (Å²) in [7, 11) is -3.23. The number of rotatable bonds is 8. The fraction of sp³-hybridized carbons (Fsp3) is 0.364. The van der Waals surface area contributed by atoms with Gasteiger partial charge in [0.1, 0.15) is 0 Å². The van der Waals surface area contributed by atoms with Crippen LogP contribution in [0.5, 0.6) is 0 Å². The summed E-state index contributed by atoms with van der Waals surface area (Å²) in [6.07, 6.45) is 2.05. The summed E-state index contributed by atoms with van der Waals surface area (Å²) in [5.41, 5.74) is 2.01. The molecule has 7 nitrogen and oxygen atoms in total. The number of nitrogens with zero attached hydrogens (tertiary/aromatic N) is 1. The molecule has 2 aromatic carbocycles. The van der Waals surface area contributed by atoms with Gasteiger partial charge in [0.2, 0.25) is 0 Å². The zero-order valence-corrected chi connectivity index (χ0v) is 17.5. The molecule has 1 unspecified atom stereocenters. The highest BCUT2D eigenvalue weighted by molar-refractivity contribution is 7.91. The first-order valence-electron chi connectivity index (χ1n) is 9.71. The number of hydrogen-bond acceptors (Lipinski definition) is 5. The van der Waals surface area contributed by atoms with Gasteiger partial charge in [-0.05, 0) is 48.6 Å². The quantitative estimate of drug-likeness (QED) is 0.615. The number of carboxylic acid groups (broad SMARTS) is 2. The molecule has 8 heteroatoms. The van der Waals surface area contributed by atoms with E-state index in [0.29, 0.717) is 17.4 Å². The van der Waals surface area contributed by atoms with Crippen molar-refractivity contribution < 1.29 is 28.2 Å². The fourth-order valence-corrected chi connectivity index (χ4v) is 4.88. The molecule has 1 fully saturated rings. The van der Waals surface area contributed by atoms with Crippen molar-refractivity contribution in [1.82, 2.24) is 4.90 Å². The lowest BCUT2D eigenvalue weighted by Crippen LogP contribution is -2.27. The van der Waals surface area contributed by atoms with Gasteiger partial charge in [-0.1, -0.05) is 42.5 Å². The van der Waals surface area contributed by atoms with E-state index in [0.717, 1.165) is 31.5 Å². The molecular weight excluding hydrogens is 406 g/mol. The van der Waals surface area contributed by atoms with Crippen LogP contribution in [0.25, 0.3) is 0 Å². The Bertz CT molecular complexity index is 912. The average molecular weight is 434 g/mol. The Kier molecular flexibility index (Phi) is 9.01. The molecule has 0 spiro atoms. The second kappa shape index (κ2) is 11.5. The van der Waals surface area contributed by atoms with Gasteiger partial charge in [0, 0.05) is 13.1 Å². The maximum absolute atomic E-state index is 12.4. The third-order valence-corrected chi connectivity index (χ3v) is 6.76. The Balaban J connectivity index is 0.00000101. The van der Waals surface area contributed by atoms with E-state index in [2.05, 4.69) is 4.90 Å². The third kappa shape index (κ3) is 7.61. The summed E-state index contributed by atoms with van der Waals surface area (Å²) < 4.78 is 24.8. The van der Waals surface area contributed by atoms with Crippen molar-refractivity contribution >= 4 is 22.3 Å². The van der Waals surface area contributed by atoms with E-state index in [9.17, 15) is 13.2 Å². The maximum atomic E-state index is 12.4. The van der Waals surface area contributed by atoms with Crippen LogP contribution in [0.3, 0.4) is 0 Å². The monoisotopic (exact) mass is 433 g/mol. The summed E-state index contributed by atoms with van der Waals surface area (Å²) in [5.74, 6) is -0.164. The van der Waals surface area contributed by atoms with Gasteiger partial charge in [-0.2, -0.15) is 0 Å². The van der Waals surface area contributed by atoms with Crippen LogP contribution in [0.4, 0.5) is 0 Å². The molecule has 1 aliphatic rings. The molecule has 1 heterocycles. The van der Waals surface area contributed by atoms with Gasteiger partial charge in [-0.15, -0.1) is 0 Å². The van der Waals surface area contributed by atoms with E-state index in [1.54, 1.807) is 24.3 Å². The van der Waals surface area contributed by atoms with Crippen molar-refractivity contribution in [3.8, 4) is 0 Å². The van der Waals surface area contributed by atoms with E-state index in [4.69, 9.17) is 15.0 Å². The highest BCUT2D eigenvalue weighted by atomic mass is 32.2. The van der Waals surface area contributed by atoms with E-state index in [-0.39, 0.29) is 18.6 Å². The Labute approximate surface area is 176 Å². The zero-order valence-electron chi connectivity index (χ0n) is 16.7. The molecule has 30 heavy (non-hydrogen) atoms. The first kappa shape index (κ1) is 23.6. The van der Waals surface area contributed by atoms with E-state index >= 15 is 0 Å². The molecule has 1 aliphatic heterocycles. The average Bonchev–Trinajstić information content (AvgIpc) is 3.16. The topological polar surface area (TPSA) is 112 Å². The zero-order chi connectivity index (χ0) is 22.0. The summed E-state index contributed by atoms with van der Waals surface area (Å²) in [4.78, 5) is 21.7. The number of carboxylic acids is 1. The number of carbonyl (C=O) groups is 2. The van der Waals surface area contributed by atoms with Crippen LogP contribution in [0, 0.1) is 5.92 Å². The largest absolute Gasteiger partial charge is 0.483 e. The number of aliphatic carboxylic acids is 1. The summed E-state index contributed by atoms with van der Waals surface area (Å²) >= 11 is 0.